The number of anilines is 2. The van der Waals surface area contributed by atoms with Gasteiger partial charge in [0, 0.05) is 21.1 Å². The van der Waals surface area contributed by atoms with Gasteiger partial charge >= 0.3 is 0 Å². The van der Waals surface area contributed by atoms with Crippen LogP contribution in [0.1, 0.15) is 11.1 Å². The molecule has 0 heterocycles. The van der Waals surface area contributed by atoms with Crippen molar-refractivity contribution in [1.82, 2.24) is 0 Å². The van der Waals surface area contributed by atoms with E-state index >= 15 is 0 Å². The van der Waals surface area contributed by atoms with Crippen molar-refractivity contribution in [2.75, 3.05) is 11.5 Å². The molecule has 12 nitrogen and oxygen atoms in total. The lowest BCUT2D eigenvalue weighted by atomic mass is 10.0. The van der Waals surface area contributed by atoms with Crippen molar-refractivity contribution in [3.05, 3.63) is 108 Å². The van der Waals surface area contributed by atoms with E-state index in [0.29, 0.717) is 38.4 Å². The molecule has 48 heavy (non-hydrogen) atoms. The molecule has 0 aromatic heterocycles. The van der Waals surface area contributed by atoms with Crippen LogP contribution in [0, 0.1) is 13.8 Å². The number of azo groups is 2. The van der Waals surface area contributed by atoms with Crippen molar-refractivity contribution in [3.8, 4) is 11.1 Å². The minimum Gasteiger partial charge on any atom is -0.396 e. The molecule has 0 bridgehead atoms. The number of nitrogens with zero attached hydrogens (tertiary/aromatic N) is 4. The van der Waals surface area contributed by atoms with E-state index < -0.39 is 10.1 Å². The topological polar surface area (TPSA) is 195 Å². The van der Waals surface area contributed by atoms with Gasteiger partial charge in [-0.3, -0.25) is 4.55 Å². The van der Waals surface area contributed by atoms with E-state index in [4.69, 9.17) is 16.7 Å². The van der Waals surface area contributed by atoms with Crippen LogP contribution in [0.2, 0.25) is 0 Å². The van der Waals surface area contributed by atoms with Gasteiger partial charge in [-0.25, -0.2) is 5.26 Å². The van der Waals surface area contributed by atoms with Crippen LogP contribution in [-0.2, 0) is 19.5 Å². The maximum atomic E-state index is 12.1. The molecule has 0 fully saturated rings. The Kier molecular flexibility index (Phi) is 9.19. The summed E-state index contributed by atoms with van der Waals surface area (Å²) in [6.07, 6.45) is 0. The molecule has 0 spiro atoms. The number of hydrogen-bond acceptors (Lipinski definition) is 12. The number of rotatable bonds is 9. The van der Waals surface area contributed by atoms with Gasteiger partial charge in [0.15, 0.2) is 0 Å². The molecule has 6 aromatic rings. The number of nitrogens with two attached hydrogens (primary N) is 2. The van der Waals surface area contributed by atoms with Crippen LogP contribution >= 0.6 is 12.0 Å². The van der Waals surface area contributed by atoms with E-state index in [-0.39, 0.29) is 16.3 Å². The largest absolute Gasteiger partial charge is 0.396 e. The Balaban J connectivity index is 1.26. The normalized spacial score (nSPS) is 12.2. The van der Waals surface area contributed by atoms with Gasteiger partial charge in [-0.1, -0.05) is 65.7 Å². The molecule has 242 valence electrons. The summed E-state index contributed by atoms with van der Waals surface area (Å²) in [5.41, 5.74) is 18.8. The van der Waals surface area contributed by atoms with Gasteiger partial charge in [0.1, 0.15) is 16.3 Å². The third-order valence-corrected chi connectivity index (χ3v) is 9.28. The van der Waals surface area contributed by atoms with E-state index in [9.17, 15) is 13.0 Å². The van der Waals surface area contributed by atoms with E-state index in [1.54, 1.807) is 30.3 Å². The summed E-state index contributed by atoms with van der Waals surface area (Å²) in [6, 6.07) is 28.5. The molecule has 6 aromatic carbocycles. The molecule has 0 radical (unpaired) electrons. The van der Waals surface area contributed by atoms with Gasteiger partial charge < -0.3 is 11.5 Å². The highest BCUT2D eigenvalue weighted by molar-refractivity contribution is 7.94. The summed E-state index contributed by atoms with van der Waals surface area (Å²) in [5, 5.41) is 32.2. The number of aryl methyl sites for hydroxylation is 2. The summed E-state index contributed by atoms with van der Waals surface area (Å²) in [7, 11) is -4.53. The zero-order valence-corrected chi connectivity index (χ0v) is 27.2. The highest BCUT2D eigenvalue weighted by atomic mass is 32.2. The number of benzene rings is 6. The molecule has 0 atom stereocenters. The van der Waals surface area contributed by atoms with E-state index in [2.05, 4.69) is 29.8 Å². The van der Waals surface area contributed by atoms with Gasteiger partial charge in [0.2, 0.25) is 0 Å². The summed E-state index contributed by atoms with van der Waals surface area (Å²) in [5.74, 6) is 0. The maximum absolute atomic E-state index is 12.1. The highest BCUT2D eigenvalue weighted by Crippen LogP contribution is 2.40. The molecular formula is C34H28N6O6S2. The monoisotopic (exact) mass is 680 g/mol. The predicted molar refractivity (Wildman–Crippen MR) is 187 cm³/mol. The first-order valence-electron chi connectivity index (χ1n) is 14.3. The van der Waals surface area contributed by atoms with Gasteiger partial charge in [-0.05, 0) is 77.9 Å². The molecule has 0 unspecified atom stereocenters. The Bertz CT molecular complexity index is 2380. The Hall–Kier alpha value is -5.22. The van der Waals surface area contributed by atoms with Crippen molar-refractivity contribution >= 4 is 77.8 Å². The van der Waals surface area contributed by atoms with Crippen LogP contribution in [0.4, 0.5) is 34.1 Å². The molecule has 0 aliphatic heterocycles. The van der Waals surface area contributed by atoms with Crippen molar-refractivity contribution in [2.24, 2.45) is 20.5 Å². The maximum Gasteiger partial charge on any atom is 0.295 e. The number of hydrogen-bond donors (Lipinski definition) is 4. The Labute approximate surface area is 279 Å². The second kappa shape index (κ2) is 13.5. The van der Waals surface area contributed by atoms with Crippen molar-refractivity contribution in [2.45, 2.75) is 23.6 Å². The number of fused-ring (bicyclic) bond motifs is 2. The fourth-order valence-corrected chi connectivity index (χ4v) is 6.56. The average Bonchev–Trinajstić information content (AvgIpc) is 3.07. The lowest BCUT2D eigenvalue weighted by molar-refractivity contribution is -0.432. The van der Waals surface area contributed by atoms with Crippen LogP contribution in [0.15, 0.2) is 127 Å². The molecule has 0 saturated heterocycles. The third kappa shape index (κ3) is 6.61. The summed E-state index contributed by atoms with van der Waals surface area (Å²) in [4.78, 5) is 0.343. The first-order valence-corrected chi connectivity index (χ1v) is 16.5. The Morgan fingerprint density at radius 3 is 1.58 bits per heavy atom. The van der Waals surface area contributed by atoms with Crippen LogP contribution in [0.3, 0.4) is 0 Å². The zero-order valence-electron chi connectivity index (χ0n) is 25.5. The molecule has 0 aliphatic carbocycles. The van der Waals surface area contributed by atoms with Crippen molar-refractivity contribution in [1.29, 1.82) is 0 Å². The molecule has 0 aliphatic rings. The van der Waals surface area contributed by atoms with Crippen molar-refractivity contribution < 1.29 is 27.6 Å². The standard InChI is InChI=1S/C34H28N6O6S2/c1-19-15-21(11-13-27(19)37-39-29-17-31(47-46-45-41)23-7-3-5-9-25(23)33(29)35)22-12-14-28(20(2)16-22)38-40-30-18-32(48(42,43)44)24-8-4-6-10-26(24)34(30)36/h3-18,41H,35-36H2,1-2H3,(H,42,43,44). The summed E-state index contributed by atoms with van der Waals surface area (Å²) in [6.45, 7) is 3.82. The Morgan fingerprint density at radius 2 is 1.08 bits per heavy atom. The Morgan fingerprint density at radius 1 is 0.625 bits per heavy atom. The van der Waals surface area contributed by atoms with Gasteiger partial charge in [0.05, 0.1) is 34.8 Å². The average molecular weight is 681 g/mol. The van der Waals surface area contributed by atoms with Gasteiger partial charge in [0.25, 0.3) is 10.1 Å². The van der Waals surface area contributed by atoms with Gasteiger partial charge in [-0.15, -0.1) is 14.6 Å². The third-order valence-electron chi connectivity index (χ3n) is 7.74. The first kappa shape index (κ1) is 32.7. The molecular weight excluding hydrogens is 653 g/mol. The summed E-state index contributed by atoms with van der Waals surface area (Å²) >= 11 is 0.825. The van der Waals surface area contributed by atoms with Crippen LogP contribution in [-0.4, -0.2) is 18.2 Å². The second-order valence-electron chi connectivity index (χ2n) is 10.8. The highest BCUT2D eigenvalue weighted by Gasteiger charge is 2.19. The number of nitrogen functional groups attached to an aromatic ring is 2. The summed E-state index contributed by atoms with van der Waals surface area (Å²) < 4.78 is 38.6. The predicted octanol–water partition coefficient (Wildman–Crippen LogP) is 9.95. The van der Waals surface area contributed by atoms with Crippen LogP contribution in [0.5, 0.6) is 0 Å². The van der Waals surface area contributed by atoms with Gasteiger partial charge in [-0.2, -0.15) is 18.6 Å². The molecule has 0 amide bonds. The lowest BCUT2D eigenvalue weighted by Crippen LogP contribution is -2.01. The van der Waals surface area contributed by atoms with E-state index in [1.165, 1.54) is 6.07 Å². The van der Waals surface area contributed by atoms with E-state index in [0.717, 1.165) is 45.1 Å². The lowest BCUT2D eigenvalue weighted by Gasteiger charge is -2.10. The zero-order chi connectivity index (χ0) is 34.0. The molecule has 6 N–H and O–H groups in total. The molecule has 14 heteroatoms. The first-order chi connectivity index (χ1) is 23.0. The quantitative estimate of drug-likeness (QED) is 0.0287. The SMILES string of the molecule is Cc1cc(-c2ccc(N=Nc3cc(S(=O)(=O)O)c4ccccc4c3N)c(C)c2)ccc1N=Nc1cc(SOOO)c2ccccc2c1N. The van der Waals surface area contributed by atoms with E-state index in [1.807, 2.05) is 74.5 Å². The van der Waals surface area contributed by atoms with Crippen LogP contribution in [0.25, 0.3) is 32.7 Å². The smallest absolute Gasteiger partial charge is 0.295 e. The molecule has 6 rings (SSSR count). The fraction of sp³-hybridized carbons (Fsp3) is 0.0588. The minimum atomic E-state index is -4.53. The second-order valence-corrected chi connectivity index (χ2v) is 12.9. The minimum absolute atomic E-state index is 0.123. The fourth-order valence-electron chi connectivity index (χ4n) is 5.31. The molecule has 0 saturated carbocycles. The van der Waals surface area contributed by atoms with Crippen LogP contribution < -0.4 is 11.5 Å². The van der Waals surface area contributed by atoms with Crippen molar-refractivity contribution in [3.63, 3.8) is 0 Å².